The molecule has 0 bridgehead atoms. The molecular formula is C12H14F3N3O2. The van der Waals surface area contributed by atoms with Crippen molar-refractivity contribution in [2.45, 2.75) is 31.9 Å². The number of carbonyl (C=O) groups is 1. The lowest BCUT2D eigenvalue weighted by Gasteiger charge is -2.22. The van der Waals surface area contributed by atoms with Crippen LogP contribution in [0.2, 0.25) is 0 Å². The fourth-order valence-corrected chi connectivity index (χ4v) is 2.20. The standard InChI is InChI=1S/C12H14F3N3O2/c13-12(14,15)9-7-8(11(19)20)10(17-16-9)18-5-3-1-2-4-6-18/h7H,1-6H2,(H,19,20). The zero-order valence-electron chi connectivity index (χ0n) is 10.7. The summed E-state index contributed by atoms with van der Waals surface area (Å²) in [5, 5.41) is 15.7. The van der Waals surface area contributed by atoms with Crippen LogP contribution in [-0.2, 0) is 6.18 Å². The summed E-state index contributed by atoms with van der Waals surface area (Å²) in [5.74, 6) is -1.41. The van der Waals surface area contributed by atoms with E-state index in [1.54, 1.807) is 4.90 Å². The molecule has 1 aromatic rings. The van der Waals surface area contributed by atoms with Crippen LogP contribution in [0.1, 0.15) is 41.7 Å². The maximum atomic E-state index is 12.6. The average molecular weight is 289 g/mol. The van der Waals surface area contributed by atoms with Gasteiger partial charge in [-0.1, -0.05) is 12.8 Å². The molecule has 0 aromatic carbocycles. The molecular weight excluding hydrogens is 275 g/mol. The number of hydrogen-bond acceptors (Lipinski definition) is 4. The fourth-order valence-electron chi connectivity index (χ4n) is 2.20. The number of hydrogen-bond donors (Lipinski definition) is 1. The summed E-state index contributed by atoms with van der Waals surface area (Å²) in [6.45, 7) is 1.17. The van der Waals surface area contributed by atoms with Crippen molar-refractivity contribution in [1.82, 2.24) is 10.2 Å². The highest BCUT2D eigenvalue weighted by Gasteiger charge is 2.35. The lowest BCUT2D eigenvalue weighted by atomic mass is 10.2. The van der Waals surface area contributed by atoms with Gasteiger partial charge >= 0.3 is 12.1 Å². The second-order valence-corrected chi connectivity index (χ2v) is 4.67. The molecule has 1 N–H and O–H groups in total. The summed E-state index contributed by atoms with van der Waals surface area (Å²) < 4.78 is 37.7. The van der Waals surface area contributed by atoms with Gasteiger partial charge in [-0.2, -0.15) is 13.2 Å². The molecule has 0 saturated carbocycles. The van der Waals surface area contributed by atoms with Crippen LogP contribution in [0.4, 0.5) is 19.0 Å². The SMILES string of the molecule is O=C(O)c1cc(C(F)(F)F)nnc1N1CCCCCC1. The molecule has 1 fully saturated rings. The molecule has 0 radical (unpaired) electrons. The lowest BCUT2D eigenvalue weighted by Crippen LogP contribution is -2.28. The zero-order valence-corrected chi connectivity index (χ0v) is 10.7. The van der Waals surface area contributed by atoms with Crippen molar-refractivity contribution in [2.24, 2.45) is 0 Å². The molecule has 1 aliphatic heterocycles. The third kappa shape index (κ3) is 3.17. The van der Waals surface area contributed by atoms with Crippen molar-refractivity contribution in [3.05, 3.63) is 17.3 Å². The summed E-state index contributed by atoms with van der Waals surface area (Å²) in [6.07, 6.45) is -0.933. The van der Waals surface area contributed by atoms with Gasteiger partial charge in [0.1, 0.15) is 5.56 Å². The molecule has 1 aromatic heterocycles. The Labute approximate surface area is 113 Å². The second-order valence-electron chi connectivity index (χ2n) is 4.67. The molecule has 0 amide bonds. The van der Waals surface area contributed by atoms with Gasteiger partial charge in [0.15, 0.2) is 11.5 Å². The number of rotatable bonds is 2. The third-order valence-electron chi connectivity index (χ3n) is 3.20. The van der Waals surface area contributed by atoms with Crippen molar-refractivity contribution in [1.29, 1.82) is 0 Å². The minimum absolute atomic E-state index is 0.0207. The highest BCUT2D eigenvalue weighted by Crippen LogP contribution is 2.30. The highest BCUT2D eigenvalue weighted by molar-refractivity contribution is 5.93. The van der Waals surface area contributed by atoms with E-state index in [0.29, 0.717) is 19.2 Å². The summed E-state index contributed by atoms with van der Waals surface area (Å²) >= 11 is 0. The van der Waals surface area contributed by atoms with Crippen LogP contribution >= 0.6 is 0 Å². The minimum Gasteiger partial charge on any atom is -0.478 e. The number of nitrogens with zero attached hydrogens (tertiary/aromatic N) is 3. The first-order valence-corrected chi connectivity index (χ1v) is 6.33. The summed E-state index contributed by atoms with van der Waals surface area (Å²) in [7, 11) is 0. The number of carboxylic acids is 1. The van der Waals surface area contributed by atoms with Crippen LogP contribution in [0.5, 0.6) is 0 Å². The van der Waals surface area contributed by atoms with Crippen LogP contribution in [0.3, 0.4) is 0 Å². The lowest BCUT2D eigenvalue weighted by molar-refractivity contribution is -0.141. The molecule has 1 aliphatic rings. The van der Waals surface area contributed by atoms with Crippen molar-refractivity contribution < 1.29 is 23.1 Å². The van der Waals surface area contributed by atoms with Crippen molar-refractivity contribution in [3.8, 4) is 0 Å². The Hall–Kier alpha value is -1.86. The molecule has 20 heavy (non-hydrogen) atoms. The summed E-state index contributed by atoms with van der Waals surface area (Å²) in [4.78, 5) is 12.9. The van der Waals surface area contributed by atoms with Gasteiger partial charge in [0, 0.05) is 13.1 Å². The largest absolute Gasteiger partial charge is 0.478 e. The number of aromatic carboxylic acids is 1. The van der Waals surface area contributed by atoms with Gasteiger partial charge in [-0.25, -0.2) is 4.79 Å². The van der Waals surface area contributed by atoms with Gasteiger partial charge in [0.05, 0.1) is 0 Å². The highest BCUT2D eigenvalue weighted by atomic mass is 19.4. The average Bonchev–Trinajstić information content (AvgIpc) is 2.65. The Morgan fingerprint density at radius 2 is 1.75 bits per heavy atom. The smallest absolute Gasteiger partial charge is 0.435 e. The maximum absolute atomic E-state index is 12.6. The predicted octanol–water partition coefficient (Wildman–Crippen LogP) is 2.57. The van der Waals surface area contributed by atoms with E-state index in [9.17, 15) is 18.0 Å². The predicted molar refractivity (Wildman–Crippen MR) is 64.7 cm³/mol. The topological polar surface area (TPSA) is 66.3 Å². The quantitative estimate of drug-likeness (QED) is 0.906. The normalized spacial score (nSPS) is 16.9. The van der Waals surface area contributed by atoms with Gasteiger partial charge in [0.2, 0.25) is 0 Å². The van der Waals surface area contributed by atoms with Crippen LogP contribution in [0.15, 0.2) is 6.07 Å². The van der Waals surface area contributed by atoms with E-state index < -0.39 is 23.4 Å². The molecule has 0 unspecified atom stereocenters. The Balaban J connectivity index is 2.39. The molecule has 5 nitrogen and oxygen atoms in total. The Bertz CT molecular complexity index is 497. The second kappa shape index (κ2) is 5.64. The van der Waals surface area contributed by atoms with Crippen LogP contribution < -0.4 is 4.90 Å². The van der Waals surface area contributed by atoms with Gasteiger partial charge in [-0.3, -0.25) is 0 Å². The van der Waals surface area contributed by atoms with E-state index in [1.165, 1.54) is 0 Å². The van der Waals surface area contributed by atoms with E-state index in [0.717, 1.165) is 25.7 Å². The first kappa shape index (κ1) is 14.5. The van der Waals surface area contributed by atoms with E-state index in [4.69, 9.17) is 5.11 Å². The first-order chi connectivity index (χ1) is 9.39. The molecule has 8 heteroatoms. The zero-order chi connectivity index (χ0) is 14.8. The molecule has 0 atom stereocenters. The van der Waals surface area contributed by atoms with E-state index >= 15 is 0 Å². The number of aromatic nitrogens is 2. The Kier molecular flexibility index (Phi) is 4.10. The monoisotopic (exact) mass is 289 g/mol. The summed E-state index contributed by atoms with van der Waals surface area (Å²) in [6, 6.07) is 0.551. The molecule has 0 aliphatic carbocycles. The fraction of sp³-hybridized carbons (Fsp3) is 0.583. The Morgan fingerprint density at radius 3 is 2.25 bits per heavy atom. The molecule has 1 saturated heterocycles. The first-order valence-electron chi connectivity index (χ1n) is 6.33. The van der Waals surface area contributed by atoms with E-state index in [1.807, 2.05) is 0 Å². The number of anilines is 1. The van der Waals surface area contributed by atoms with Crippen molar-refractivity contribution in [3.63, 3.8) is 0 Å². The molecule has 2 heterocycles. The van der Waals surface area contributed by atoms with Crippen molar-refractivity contribution in [2.75, 3.05) is 18.0 Å². The maximum Gasteiger partial charge on any atom is 0.435 e. The van der Waals surface area contributed by atoms with E-state index in [2.05, 4.69) is 10.2 Å². The van der Waals surface area contributed by atoms with Crippen LogP contribution in [0.25, 0.3) is 0 Å². The number of halogens is 3. The third-order valence-corrected chi connectivity index (χ3v) is 3.20. The minimum atomic E-state index is -4.70. The molecule has 110 valence electrons. The van der Waals surface area contributed by atoms with Gasteiger partial charge in [-0.15, -0.1) is 10.2 Å². The van der Waals surface area contributed by atoms with Crippen LogP contribution in [0, 0.1) is 0 Å². The summed E-state index contributed by atoms with van der Waals surface area (Å²) in [5.41, 5.74) is -1.73. The van der Waals surface area contributed by atoms with Gasteiger partial charge in [0.25, 0.3) is 0 Å². The van der Waals surface area contributed by atoms with Gasteiger partial charge in [-0.05, 0) is 18.9 Å². The van der Waals surface area contributed by atoms with Gasteiger partial charge < -0.3 is 10.0 Å². The number of alkyl halides is 3. The van der Waals surface area contributed by atoms with Crippen LogP contribution in [-0.4, -0.2) is 34.4 Å². The molecule has 0 spiro atoms. The number of carboxylic acid groups (broad SMARTS) is 1. The van der Waals surface area contributed by atoms with Crippen molar-refractivity contribution >= 4 is 11.8 Å². The molecule has 2 rings (SSSR count). The van der Waals surface area contributed by atoms with E-state index in [-0.39, 0.29) is 5.82 Å². The Morgan fingerprint density at radius 1 is 1.15 bits per heavy atom.